The van der Waals surface area contributed by atoms with E-state index in [1.54, 1.807) is 20.8 Å². The lowest BCUT2D eigenvalue weighted by Crippen LogP contribution is -2.35. The van der Waals surface area contributed by atoms with Gasteiger partial charge < -0.3 is 10.1 Å². The van der Waals surface area contributed by atoms with Crippen LogP contribution in [0.4, 0.5) is 14.9 Å². The number of nitro benzene ring substituents is 1. The van der Waals surface area contributed by atoms with Crippen LogP contribution in [0, 0.1) is 15.9 Å². The van der Waals surface area contributed by atoms with Crippen LogP contribution in [0.1, 0.15) is 31.1 Å². The molecule has 8 heteroatoms. The van der Waals surface area contributed by atoms with Crippen molar-refractivity contribution in [2.45, 2.75) is 26.4 Å². The predicted molar refractivity (Wildman–Crippen MR) is 71.6 cm³/mol. The van der Waals surface area contributed by atoms with Gasteiger partial charge in [0.15, 0.2) is 5.78 Å². The molecular weight excluding hydrogens is 283 g/mol. The Labute approximate surface area is 120 Å². The predicted octanol–water partition coefficient (Wildman–Crippen LogP) is 2.44. The number of Topliss-reactive ketones (excluding diaryl/α,β-unsaturated/α-hetero) is 1. The summed E-state index contributed by atoms with van der Waals surface area (Å²) in [5, 5.41) is 12.9. The summed E-state index contributed by atoms with van der Waals surface area (Å²) in [6.45, 7) is 4.41. The molecule has 0 saturated carbocycles. The summed E-state index contributed by atoms with van der Waals surface area (Å²) >= 11 is 0. The van der Waals surface area contributed by atoms with E-state index in [-0.39, 0.29) is 0 Å². The summed E-state index contributed by atoms with van der Waals surface area (Å²) in [7, 11) is 0. The molecule has 0 aliphatic carbocycles. The lowest BCUT2D eigenvalue weighted by Gasteiger charge is -2.19. The summed E-state index contributed by atoms with van der Waals surface area (Å²) in [4.78, 5) is 33.2. The van der Waals surface area contributed by atoms with Crippen molar-refractivity contribution in [1.82, 2.24) is 5.32 Å². The minimum atomic E-state index is -0.838. The fourth-order valence-corrected chi connectivity index (χ4v) is 1.45. The van der Waals surface area contributed by atoms with E-state index in [0.717, 1.165) is 18.2 Å². The number of alkyl carbamates (subject to hydrolysis) is 1. The van der Waals surface area contributed by atoms with Gasteiger partial charge in [-0.1, -0.05) is 0 Å². The van der Waals surface area contributed by atoms with Crippen LogP contribution in [-0.2, 0) is 4.74 Å². The third-order valence-electron chi connectivity index (χ3n) is 2.25. The smallest absolute Gasteiger partial charge is 0.408 e. The zero-order chi connectivity index (χ0) is 16.2. The van der Waals surface area contributed by atoms with Gasteiger partial charge in [-0.25, -0.2) is 9.18 Å². The highest BCUT2D eigenvalue weighted by Gasteiger charge is 2.22. The fraction of sp³-hybridized carbons (Fsp3) is 0.385. The maximum Gasteiger partial charge on any atom is 0.408 e. The molecule has 0 aromatic heterocycles. The highest BCUT2D eigenvalue weighted by molar-refractivity contribution is 6.02. The largest absolute Gasteiger partial charge is 0.444 e. The Bertz CT molecular complexity index is 580. The number of nitrogens with zero attached hydrogens (tertiary/aromatic N) is 1. The molecule has 0 atom stereocenters. The van der Waals surface area contributed by atoms with E-state index >= 15 is 0 Å². The molecule has 0 heterocycles. The molecule has 0 aliphatic heterocycles. The van der Waals surface area contributed by atoms with Crippen molar-refractivity contribution in [2.75, 3.05) is 6.54 Å². The molecule has 0 aliphatic rings. The van der Waals surface area contributed by atoms with Gasteiger partial charge in [-0.2, -0.15) is 0 Å². The fourth-order valence-electron chi connectivity index (χ4n) is 1.45. The second kappa shape index (κ2) is 6.29. The molecule has 0 radical (unpaired) electrons. The second-order valence-corrected chi connectivity index (χ2v) is 5.20. The zero-order valence-corrected chi connectivity index (χ0v) is 11.8. The first kappa shape index (κ1) is 16.5. The first-order chi connectivity index (χ1) is 9.60. The van der Waals surface area contributed by atoms with Gasteiger partial charge in [-0.05, 0) is 32.9 Å². The Kier molecular flexibility index (Phi) is 4.96. The number of halogens is 1. The van der Waals surface area contributed by atoms with Crippen molar-refractivity contribution in [3.63, 3.8) is 0 Å². The highest BCUT2D eigenvalue weighted by atomic mass is 19.1. The highest BCUT2D eigenvalue weighted by Crippen LogP contribution is 2.19. The van der Waals surface area contributed by atoms with Crippen molar-refractivity contribution >= 4 is 17.6 Å². The standard InChI is InChI=1S/C13H15FN2O5/c1-13(2,3)21-12(18)15-7-11(17)9-6-8(14)4-5-10(9)16(19)20/h4-6H,7H2,1-3H3,(H,15,18). The maximum atomic E-state index is 13.1. The Balaban J connectivity index is 2.79. The number of nitro groups is 1. The number of hydrogen-bond acceptors (Lipinski definition) is 5. The van der Waals surface area contributed by atoms with Crippen LogP contribution in [0.3, 0.4) is 0 Å². The molecule has 0 saturated heterocycles. The average molecular weight is 298 g/mol. The molecule has 0 fully saturated rings. The van der Waals surface area contributed by atoms with Gasteiger partial charge in [0, 0.05) is 6.07 Å². The number of hydrogen-bond donors (Lipinski definition) is 1. The van der Waals surface area contributed by atoms with Gasteiger partial charge in [-0.15, -0.1) is 0 Å². The third-order valence-corrected chi connectivity index (χ3v) is 2.25. The Morgan fingerprint density at radius 1 is 1.38 bits per heavy atom. The number of ketones is 1. The van der Waals surface area contributed by atoms with Crippen molar-refractivity contribution in [2.24, 2.45) is 0 Å². The summed E-state index contributed by atoms with van der Waals surface area (Å²) in [5.41, 5.74) is -1.67. The number of carbonyl (C=O) groups is 2. The summed E-state index contributed by atoms with van der Waals surface area (Å²) < 4.78 is 18.0. The number of benzene rings is 1. The quantitative estimate of drug-likeness (QED) is 0.523. The summed E-state index contributed by atoms with van der Waals surface area (Å²) in [6.07, 6.45) is -0.838. The van der Waals surface area contributed by atoms with Gasteiger partial charge in [0.2, 0.25) is 0 Å². The maximum absolute atomic E-state index is 13.1. The Hall–Kier alpha value is -2.51. The first-order valence-electron chi connectivity index (χ1n) is 6.04. The van der Waals surface area contributed by atoms with E-state index in [2.05, 4.69) is 5.32 Å². The van der Waals surface area contributed by atoms with Crippen LogP contribution in [0.2, 0.25) is 0 Å². The van der Waals surface area contributed by atoms with Crippen molar-refractivity contribution in [3.05, 3.63) is 39.7 Å². The lowest BCUT2D eigenvalue weighted by atomic mass is 10.1. The van der Waals surface area contributed by atoms with Crippen LogP contribution in [0.25, 0.3) is 0 Å². The van der Waals surface area contributed by atoms with E-state index in [9.17, 15) is 24.1 Å². The minimum absolute atomic E-state index is 0.406. The van der Waals surface area contributed by atoms with Crippen molar-refractivity contribution in [3.8, 4) is 0 Å². The molecule has 1 rings (SSSR count). The van der Waals surface area contributed by atoms with E-state index in [4.69, 9.17) is 4.74 Å². The first-order valence-corrected chi connectivity index (χ1v) is 6.04. The SMILES string of the molecule is CC(C)(C)OC(=O)NCC(=O)c1cc(F)ccc1[N+](=O)[O-]. The second-order valence-electron chi connectivity index (χ2n) is 5.20. The van der Waals surface area contributed by atoms with Crippen LogP contribution in [0.15, 0.2) is 18.2 Å². The summed E-state index contributed by atoms with van der Waals surface area (Å²) in [6, 6.07) is 2.55. The van der Waals surface area contributed by atoms with Gasteiger partial charge >= 0.3 is 6.09 Å². The molecule has 1 amide bonds. The number of carbonyl (C=O) groups excluding carboxylic acids is 2. The Morgan fingerprint density at radius 2 is 2.00 bits per heavy atom. The van der Waals surface area contributed by atoms with Gasteiger partial charge in [0.05, 0.1) is 11.5 Å². The molecule has 1 aromatic rings. The van der Waals surface area contributed by atoms with E-state index < -0.39 is 46.0 Å². The molecular formula is C13H15FN2O5. The number of nitrogens with one attached hydrogen (secondary N) is 1. The minimum Gasteiger partial charge on any atom is -0.444 e. The normalized spacial score (nSPS) is 10.9. The van der Waals surface area contributed by atoms with Crippen LogP contribution in [0.5, 0.6) is 0 Å². The summed E-state index contributed by atoms with van der Waals surface area (Å²) in [5.74, 6) is -1.56. The van der Waals surface area contributed by atoms with Crippen LogP contribution < -0.4 is 5.32 Å². The van der Waals surface area contributed by atoms with Crippen molar-refractivity contribution < 1.29 is 23.6 Å². The molecule has 0 spiro atoms. The van der Waals surface area contributed by atoms with Gasteiger partial charge in [-0.3, -0.25) is 14.9 Å². The molecule has 114 valence electrons. The molecule has 1 aromatic carbocycles. The zero-order valence-electron chi connectivity index (χ0n) is 11.8. The lowest BCUT2D eigenvalue weighted by molar-refractivity contribution is -0.385. The molecule has 1 N–H and O–H groups in total. The molecule has 0 unspecified atom stereocenters. The number of rotatable bonds is 4. The van der Waals surface area contributed by atoms with E-state index in [1.807, 2.05) is 0 Å². The van der Waals surface area contributed by atoms with Gasteiger partial charge in [0.1, 0.15) is 17.0 Å². The van der Waals surface area contributed by atoms with Crippen molar-refractivity contribution in [1.29, 1.82) is 0 Å². The van der Waals surface area contributed by atoms with E-state index in [0.29, 0.717) is 0 Å². The monoisotopic (exact) mass is 298 g/mol. The Morgan fingerprint density at radius 3 is 2.52 bits per heavy atom. The number of ether oxygens (including phenoxy) is 1. The number of amides is 1. The van der Waals surface area contributed by atoms with Crippen LogP contribution in [-0.4, -0.2) is 28.9 Å². The topological polar surface area (TPSA) is 98.5 Å². The molecule has 0 bridgehead atoms. The van der Waals surface area contributed by atoms with Crippen LogP contribution >= 0.6 is 0 Å². The van der Waals surface area contributed by atoms with Gasteiger partial charge in [0.25, 0.3) is 5.69 Å². The molecule has 7 nitrogen and oxygen atoms in total. The van der Waals surface area contributed by atoms with E-state index in [1.165, 1.54) is 0 Å². The molecule has 21 heavy (non-hydrogen) atoms. The average Bonchev–Trinajstić information content (AvgIpc) is 2.33. The third kappa shape index (κ3) is 5.17.